The van der Waals surface area contributed by atoms with Crippen LogP contribution in [0.25, 0.3) is 0 Å². The second-order valence-corrected chi connectivity index (χ2v) is 10.7. The Morgan fingerprint density at radius 1 is 0.913 bits per heavy atom. The summed E-state index contributed by atoms with van der Waals surface area (Å²) in [7, 11) is 0. The standard InChI is InChI=1S/C36H36N4O6/c1-2-45-34(42)21-30(26-14-8-4-9-15-26)39-33(41)24-40-23-32(27-16-10-5-11-17-27)46-31-19-18-28(20-29(31)35(40)43)38-36(44)37-22-25-12-6-3-7-13-25/h3-20,30,32H,2,21-24H2,1H3,(H,39,41)(H2,37,38,44)/t30-,32-/m1/s1. The third-order valence-electron chi connectivity index (χ3n) is 7.43. The zero-order valence-electron chi connectivity index (χ0n) is 25.5. The van der Waals surface area contributed by atoms with Crippen molar-refractivity contribution in [3.63, 3.8) is 0 Å². The summed E-state index contributed by atoms with van der Waals surface area (Å²) in [5.74, 6) is -0.988. The molecule has 10 heteroatoms. The monoisotopic (exact) mass is 620 g/mol. The summed E-state index contributed by atoms with van der Waals surface area (Å²) in [6.45, 7) is 2.09. The summed E-state index contributed by atoms with van der Waals surface area (Å²) in [5.41, 5.74) is 3.12. The van der Waals surface area contributed by atoms with Crippen molar-refractivity contribution in [2.75, 3.05) is 25.0 Å². The molecule has 0 aromatic heterocycles. The number of fused-ring (bicyclic) bond motifs is 1. The van der Waals surface area contributed by atoms with Crippen molar-refractivity contribution >= 4 is 29.5 Å². The number of nitrogens with zero attached hydrogens (tertiary/aromatic N) is 1. The number of carbonyl (C=O) groups is 4. The zero-order chi connectivity index (χ0) is 32.3. The first-order valence-electron chi connectivity index (χ1n) is 15.1. The normalized spacial score (nSPS) is 14.6. The summed E-state index contributed by atoms with van der Waals surface area (Å²) < 4.78 is 11.5. The van der Waals surface area contributed by atoms with E-state index in [2.05, 4.69) is 16.0 Å². The van der Waals surface area contributed by atoms with Crippen LogP contribution in [0.2, 0.25) is 0 Å². The van der Waals surface area contributed by atoms with Crippen LogP contribution in [-0.2, 0) is 20.9 Å². The first-order valence-corrected chi connectivity index (χ1v) is 15.1. The van der Waals surface area contributed by atoms with Gasteiger partial charge in [-0.05, 0) is 41.8 Å². The average Bonchev–Trinajstić information content (AvgIpc) is 3.21. The molecule has 4 aromatic rings. The molecule has 0 bridgehead atoms. The van der Waals surface area contributed by atoms with E-state index in [1.54, 1.807) is 25.1 Å². The van der Waals surface area contributed by atoms with Gasteiger partial charge in [0.15, 0.2) is 0 Å². The van der Waals surface area contributed by atoms with Crippen molar-refractivity contribution in [2.24, 2.45) is 0 Å². The number of benzene rings is 4. The molecule has 236 valence electrons. The number of hydrogen-bond donors (Lipinski definition) is 3. The molecule has 0 saturated heterocycles. The van der Waals surface area contributed by atoms with Gasteiger partial charge in [0.2, 0.25) is 5.91 Å². The van der Waals surface area contributed by atoms with Gasteiger partial charge in [0.25, 0.3) is 5.91 Å². The summed E-state index contributed by atoms with van der Waals surface area (Å²) in [5, 5.41) is 8.49. The lowest BCUT2D eigenvalue weighted by Gasteiger charge is -2.25. The minimum Gasteiger partial charge on any atom is -0.483 e. The van der Waals surface area contributed by atoms with Crippen molar-refractivity contribution in [2.45, 2.75) is 32.0 Å². The molecule has 3 N–H and O–H groups in total. The number of rotatable bonds is 11. The Morgan fingerprint density at radius 3 is 2.28 bits per heavy atom. The molecule has 0 aliphatic carbocycles. The van der Waals surface area contributed by atoms with Crippen LogP contribution in [0.5, 0.6) is 5.75 Å². The molecule has 0 spiro atoms. The minimum atomic E-state index is -0.645. The van der Waals surface area contributed by atoms with E-state index in [1.165, 1.54) is 4.90 Å². The van der Waals surface area contributed by atoms with Crippen LogP contribution in [-0.4, -0.2) is 48.4 Å². The Labute approximate surface area is 267 Å². The van der Waals surface area contributed by atoms with Crippen molar-refractivity contribution < 1.29 is 28.7 Å². The van der Waals surface area contributed by atoms with Crippen LogP contribution in [0.4, 0.5) is 10.5 Å². The molecule has 0 radical (unpaired) electrons. The SMILES string of the molecule is CCOC(=O)C[C@@H](NC(=O)CN1C[C@H](c2ccccc2)Oc2ccc(NC(=O)NCc3ccccc3)cc2C1=O)c1ccccc1. The summed E-state index contributed by atoms with van der Waals surface area (Å²) in [4.78, 5) is 53.9. The molecule has 2 atom stereocenters. The molecule has 0 saturated carbocycles. The number of carbonyl (C=O) groups excluding carboxylic acids is 4. The fourth-order valence-corrected chi connectivity index (χ4v) is 5.19. The number of anilines is 1. The van der Waals surface area contributed by atoms with E-state index in [0.717, 1.165) is 16.7 Å². The summed E-state index contributed by atoms with van der Waals surface area (Å²) in [6, 6.07) is 31.9. The molecule has 10 nitrogen and oxygen atoms in total. The first kappa shape index (κ1) is 31.8. The van der Waals surface area contributed by atoms with Crippen LogP contribution in [0, 0.1) is 0 Å². The molecule has 0 fully saturated rings. The van der Waals surface area contributed by atoms with Gasteiger partial charge in [0.05, 0.1) is 31.2 Å². The Balaban J connectivity index is 1.35. The molecular weight excluding hydrogens is 584 g/mol. The second-order valence-electron chi connectivity index (χ2n) is 10.7. The highest BCUT2D eigenvalue weighted by Crippen LogP contribution is 2.33. The fraction of sp³-hybridized carbons (Fsp3) is 0.222. The van der Waals surface area contributed by atoms with Gasteiger partial charge >= 0.3 is 12.0 Å². The second kappa shape index (κ2) is 15.4. The van der Waals surface area contributed by atoms with Gasteiger partial charge in [-0.2, -0.15) is 0 Å². The van der Waals surface area contributed by atoms with E-state index < -0.39 is 36.0 Å². The lowest BCUT2D eigenvalue weighted by atomic mass is 10.0. The van der Waals surface area contributed by atoms with Crippen LogP contribution >= 0.6 is 0 Å². The molecule has 1 aliphatic heterocycles. The average molecular weight is 621 g/mol. The molecule has 46 heavy (non-hydrogen) atoms. The van der Waals surface area contributed by atoms with Crippen LogP contribution in [0.1, 0.15) is 52.5 Å². The quantitative estimate of drug-likeness (QED) is 0.193. The molecule has 0 unspecified atom stereocenters. The summed E-state index contributed by atoms with van der Waals surface area (Å²) in [6.07, 6.45) is -0.617. The van der Waals surface area contributed by atoms with Gasteiger partial charge in [0.1, 0.15) is 18.4 Å². The van der Waals surface area contributed by atoms with Gasteiger partial charge in [-0.25, -0.2) is 4.79 Å². The first-order chi connectivity index (χ1) is 22.4. The highest BCUT2D eigenvalue weighted by molar-refractivity contribution is 6.01. The molecule has 1 aliphatic rings. The number of esters is 1. The highest BCUT2D eigenvalue weighted by Gasteiger charge is 2.32. The van der Waals surface area contributed by atoms with Crippen LogP contribution < -0.4 is 20.7 Å². The number of urea groups is 1. The van der Waals surface area contributed by atoms with E-state index in [1.807, 2.05) is 91.0 Å². The predicted molar refractivity (Wildman–Crippen MR) is 173 cm³/mol. The number of nitrogens with one attached hydrogen (secondary N) is 3. The van der Waals surface area contributed by atoms with E-state index in [0.29, 0.717) is 18.0 Å². The van der Waals surface area contributed by atoms with Gasteiger partial charge in [-0.15, -0.1) is 0 Å². The largest absolute Gasteiger partial charge is 0.483 e. The number of ether oxygens (including phenoxy) is 2. The highest BCUT2D eigenvalue weighted by atomic mass is 16.5. The molecule has 5 rings (SSSR count). The maximum Gasteiger partial charge on any atom is 0.319 e. The number of hydrogen-bond acceptors (Lipinski definition) is 6. The van der Waals surface area contributed by atoms with E-state index in [-0.39, 0.29) is 31.7 Å². The maximum absolute atomic E-state index is 14.0. The third kappa shape index (κ3) is 8.50. The Morgan fingerprint density at radius 2 is 1.59 bits per heavy atom. The van der Waals surface area contributed by atoms with E-state index >= 15 is 0 Å². The Bertz CT molecular complexity index is 1650. The predicted octanol–water partition coefficient (Wildman–Crippen LogP) is 5.39. The van der Waals surface area contributed by atoms with Crippen LogP contribution in [0.15, 0.2) is 109 Å². The smallest absolute Gasteiger partial charge is 0.319 e. The maximum atomic E-state index is 14.0. The van der Waals surface area contributed by atoms with Crippen LogP contribution in [0.3, 0.4) is 0 Å². The van der Waals surface area contributed by atoms with Crippen molar-refractivity contribution in [3.05, 3.63) is 131 Å². The van der Waals surface area contributed by atoms with Crippen molar-refractivity contribution in [3.8, 4) is 5.75 Å². The van der Waals surface area contributed by atoms with E-state index in [9.17, 15) is 19.2 Å². The third-order valence-corrected chi connectivity index (χ3v) is 7.43. The lowest BCUT2D eigenvalue weighted by Crippen LogP contribution is -2.43. The van der Waals surface area contributed by atoms with Crippen molar-refractivity contribution in [1.29, 1.82) is 0 Å². The van der Waals surface area contributed by atoms with E-state index in [4.69, 9.17) is 9.47 Å². The molecule has 4 aromatic carbocycles. The number of amides is 4. The van der Waals surface area contributed by atoms with Gasteiger partial charge < -0.3 is 30.3 Å². The van der Waals surface area contributed by atoms with Crippen molar-refractivity contribution in [1.82, 2.24) is 15.5 Å². The van der Waals surface area contributed by atoms with Gasteiger partial charge in [0, 0.05) is 12.2 Å². The minimum absolute atomic E-state index is 0.0580. The molecule has 1 heterocycles. The molecular formula is C36H36N4O6. The molecule has 4 amide bonds. The Hall–Kier alpha value is -5.64. The zero-order valence-corrected chi connectivity index (χ0v) is 25.5. The van der Waals surface area contributed by atoms with Gasteiger partial charge in [-0.3, -0.25) is 14.4 Å². The lowest BCUT2D eigenvalue weighted by molar-refractivity contribution is -0.143. The fourth-order valence-electron chi connectivity index (χ4n) is 5.19. The van der Waals surface area contributed by atoms with Gasteiger partial charge in [-0.1, -0.05) is 91.0 Å². The summed E-state index contributed by atoms with van der Waals surface area (Å²) >= 11 is 0. The Kier molecular flexibility index (Phi) is 10.6. The topological polar surface area (TPSA) is 126 Å².